The summed E-state index contributed by atoms with van der Waals surface area (Å²) in [6.07, 6.45) is 6.60. The maximum atomic E-state index is 13.4. The van der Waals surface area contributed by atoms with Crippen molar-refractivity contribution >= 4 is 17.7 Å². The van der Waals surface area contributed by atoms with Crippen molar-refractivity contribution in [3.63, 3.8) is 0 Å². The Bertz CT molecular complexity index is 1170. The molecule has 2 aromatic rings. The topological polar surface area (TPSA) is 110 Å². The summed E-state index contributed by atoms with van der Waals surface area (Å²) in [6.45, 7) is 1.44. The van der Waals surface area contributed by atoms with Gasteiger partial charge >= 0.3 is 0 Å². The molecule has 10 nitrogen and oxygen atoms in total. The van der Waals surface area contributed by atoms with Gasteiger partial charge in [-0.05, 0) is 36.6 Å². The molecule has 1 aromatic carbocycles. The van der Waals surface area contributed by atoms with E-state index >= 15 is 0 Å². The number of carbonyl (C=O) groups is 3. The first-order valence-corrected chi connectivity index (χ1v) is 13.2. The van der Waals surface area contributed by atoms with E-state index in [4.69, 9.17) is 14.2 Å². The molecule has 0 radical (unpaired) electrons. The fourth-order valence-corrected chi connectivity index (χ4v) is 5.38. The largest absolute Gasteiger partial charge is 0.456 e. The number of aromatic nitrogens is 1. The Morgan fingerprint density at radius 1 is 1.13 bits per heavy atom. The Morgan fingerprint density at radius 2 is 1.97 bits per heavy atom. The summed E-state index contributed by atoms with van der Waals surface area (Å²) in [5.41, 5.74) is 1.20. The zero-order valence-electron chi connectivity index (χ0n) is 21.6. The number of benzene rings is 1. The summed E-state index contributed by atoms with van der Waals surface area (Å²) in [5, 5.41) is 3.04. The highest BCUT2D eigenvalue weighted by Crippen LogP contribution is 2.29. The van der Waals surface area contributed by atoms with Gasteiger partial charge in [0.2, 0.25) is 11.8 Å². The second-order valence-corrected chi connectivity index (χ2v) is 10.1. The summed E-state index contributed by atoms with van der Waals surface area (Å²) in [7, 11) is 1.54. The van der Waals surface area contributed by atoms with E-state index in [1.165, 1.54) is 17.3 Å². The van der Waals surface area contributed by atoms with Crippen LogP contribution < -0.4 is 10.1 Å². The molecule has 38 heavy (non-hydrogen) atoms. The van der Waals surface area contributed by atoms with Crippen molar-refractivity contribution in [3.05, 3.63) is 53.9 Å². The number of rotatable bonds is 4. The Morgan fingerprint density at radius 3 is 2.79 bits per heavy atom. The van der Waals surface area contributed by atoms with E-state index in [1.54, 1.807) is 13.2 Å². The molecule has 2 aliphatic heterocycles. The highest BCUT2D eigenvalue weighted by atomic mass is 16.5. The lowest BCUT2D eigenvalue weighted by Gasteiger charge is -2.25. The Labute approximate surface area is 222 Å². The predicted octanol–water partition coefficient (Wildman–Crippen LogP) is 2.38. The highest BCUT2D eigenvalue weighted by molar-refractivity contribution is 5.96. The summed E-state index contributed by atoms with van der Waals surface area (Å²) >= 11 is 0. The Hall–Kier alpha value is -3.50. The van der Waals surface area contributed by atoms with Gasteiger partial charge in [0.15, 0.2) is 0 Å². The second-order valence-electron chi connectivity index (χ2n) is 10.1. The van der Waals surface area contributed by atoms with Crippen LogP contribution in [0.3, 0.4) is 0 Å². The monoisotopic (exact) mass is 522 g/mol. The lowest BCUT2D eigenvalue weighted by Crippen LogP contribution is -2.49. The van der Waals surface area contributed by atoms with Crippen molar-refractivity contribution in [1.82, 2.24) is 20.1 Å². The quantitative estimate of drug-likeness (QED) is 0.657. The number of nitrogens with one attached hydrogen (secondary N) is 1. The number of amides is 3. The molecule has 4 bridgehead atoms. The van der Waals surface area contributed by atoms with Gasteiger partial charge in [-0.25, -0.2) is 0 Å². The molecule has 1 N–H and O–H groups in total. The number of fused-ring (bicyclic) bond motifs is 5. The van der Waals surface area contributed by atoms with Crippen LogP contribution >= 0.6 is 0 Å². The van der Waals surface area contributed by atoms with Gasteiger partial charge in [-0.1, -0.05) is 25.0 Å². The van der Waals surface area contributed by atoms with Gasteiger partial charge in [-0.2, -0.15) is 0 Å². The Balaban J connectivity index is 1.42. The van der Waals surface area contributed by atoms with Crippen LogP contribution in [0.25, 0.3) is 0 Å². The molecule has 3 heterocycles. The molecule has 1 saturated heterocycles. The molecule has 3 aliphatic rings. The van der Waals surface area contributed by atoms with E-state index in [0.29, 0.717) is 36.8 Å². The van der Waals surface area contributed by atoms with Crippen LogP contribution in [0.2, 0.25) is 0 Å². The standard InChI is InChI=1S/C28H34N4O6/c1-36-10-9-31-17-26(33)30-24-15-32(27(34)20-6-2-3-7-20)16-25(24)37-18-19-5-4-8-22(11-19)38-23-12-21(28(31)35)13-29-14-23/h4-5,8,11-14,20,24-25H,2-3,6-7,9-10,15-18H2,1H3,(H,30,33)/t24-,25-/m0/s1. The molecule has 3 amide bonds. The van der Waals surface area contributed by atoms with E-state index in [9.17, 15) is 14.4 Å². The number of likely N-dealkylation sites (tertiary alicyclic amines) is 1. The third kappa shape index (κ3) is 6.14. The number of pyridine rings is 1. The number of carbonyl (C=O) groups excluding carboxylic acids is 3. The first-order valence-electron chi connectivity index (χ1n) is 13.2. The zero-order valence-corrected chi connectivity index (χ0v) is 21.6. The predicted molar refractivity (Wildman–Crippen MR) is 138 cm³/mol. The third-order valence-corrected chi connectivity index (χ3v) is 7.37. The van der Waals surface area contributed by atoms with Crippen molar-refractivity contribution in [2.45, 2.75) is 44.4 Å². The molecule has 0 unspecified atom stereocenters. The SMILES string of the molecule is COCCN1CC(=O)N[C@H]2CN(C(=O)C3CCCC3)C[C@@H]2OCc2cccc(c2)Oc2cncc(c2)C1=O. The molecule has 2 fully saturated rings. The summed E-state index contributed by atoms with van der Waals surface area (Å²) in [5.74, 6) is 0.513. The summed E-state index contributed by atoms with van der Waals surface area (Å²) in [4.78, 5) is 47.1. The molecule has 202 valence electrons. The molecule has 1 aromatic heterocycles. The fraction of sp³-hybridized carbons (Fsp3) is 0.500. The van der Waals surface area contributed by atoms with E-state index in [2.05, 4.69) is 10.3 Å². The van der Waals surface area contributed by atoms with E-state index in [-0.39, 0.29) is 55.5 Å². The van der Waals surface area contributed by atoms with Crippen LogP contribution in [0.4, 0.5) is 0 Å². The van der Waals surface area contributed by atoms with Crippen molar-refractivity contribution in [3.8, 4) is 11.5 Å². The van der Waals surface area contributed by atoms with Crippen LogP contribution in [0.1, 0.15) is 41.6 Å². The minimum absolute atomic E-state index is 0.0475. The van der Waals surface area contributed by atoms with Crippen molar-refractivity contribution < 1.29 is 28.6 Å². The number of ether oxygens (including phenoxy) is 3. The second kappa shape index (κ2) is 11.9. The minimum Gasteiger partial charge on any atom is -0.456 e. The first kappa shape index (κ1) is 26.1. The lowest BCUT2D eigenvalue weighted by atomic mass is 10.1. The first-order chi connectivity index (χ1) is 18.5. The van der Waals surface area contributed by atoms with Crippen molar-refractivity contribution in [2.75, 3.05) is 39.9 Å². The molecular weight excluding hydrogens is 488 g/mol. The number of nitrogens with zero attached hydrogens (tertiary/aromatic N) is 3. The minimum atomic E-state index is -0.385. The molecule has 0 spiro atoms. The van der Waals surface area contributed by atoms with Gasteiger partial charge in [-0.15, -0.1) is 0 Å². The van der Waals surface area contributed by atoms with Crippen LogP contribution in [0.15, 0.2) is 42.7 Å². The summed E-state index contributed by atoms with van der Waals surface area (Å²) in [6, 6.07) is 8.73. The number of methoxy groups -OCH3 is 1. The van der Waals surface area contributed by atoms with Gasteiger partial charge in [0.05, 0.1) is 43.7 Å². The maximum absolute atomic E-state index is 13.4. The van der Waals surface area contributed by atoms with Crippen LogP contribution in [0, 0.1) is 5.92 Å². The number of hydrogen-bond acceptors (Lipinski definition) is 7. The molecule has 5 rings (SSSR count). The molecule has 10 heteroatoms. The molecule has 2 atom stereocenters. The average Bonchev–Trinajstić information content (AvgIpc) is 3.60. The van der Waals surface area contributed by atoms with E-state index in [1.807, 2.05) is 29.2 Å². The van der Waals surface area contributed by atoms with Crippen LogP contribution in [-0.2, 0) is 25.7 Å². The van der Waals surface area contributed by atoms with Gasteiger partial charge in [0.25, 0.3) is 5.91 Å². The van der Waals surface area contributed by atoms with Gasteiger partial charge < -0.3 is 29.3 Å². The van der Waals surface area contributed by atoms with E-state index < -0.39 is 0 Å². The fourth-order valence-electron chi connectivity index (χ4n) is 5.38. The van der Waals surface area contributed by atoms with Gasteiger partial charge in [-0.3, -0.25) is 19.4 Å². The summed E-state index contributed by atoms with van der Waals surface area (Å²) < 4.78 is 17.4. The highest BCUT2D eigenvalue weighted by Gasteiger charge is 2.39. The Kier molecular flexibility index (Phi) is 8.19. The molecule has 1 saturated carbocycles. The van der Waals surface area contributed by atoms with Crippen LogP contribution in [-0.4, -0.2) is 84.5 Å². The van der Waals surface area contributed by atoms with Crippen molar-refractivity contribution in [1.29, 1.82) is 0 Å². The maximum Gasteiger partial charge on any atom is 0.256 e. The van der Waals surface area contributed by atoms with Gasteiger partial charge in [0.1, 0.15) is 11.5 Å². The normalized spacial score (nSPS) is 22.7. The van der Waals surface area contributed by atoms with Crippen LogP contribution in [0.5, 0.6) is 11.5 Å². The van der Waals surface area contributed by atoms with Crippen molar-refractivity contribution in [2.24, 2.45) is 5.92 Å². The molecular formula is C28H34N4O6. The van der Waals surface area contributed by atoms with Gasteiger partial charge in [0, 0.05) is 38.9 Å². The zero-order chi connectivity index (χ0) is 26.5. The number of hydrogen-bond donors (Lipinski definition) is 1. The smallest absolute Gasteiger partial charge is 0.256 e. The average molecular weight is 523 g/mol. The third-order valence-electron chi connectivity index (χ3n) is 7.37. The lowest BCUT2D eigenvalue weighted by molar-refractivity contribution is -0.135. The molecule has 1 aliphatic carbocycles. The van der Waals surface area contributed by atoms with E-state index in [0.717, 1.165) is 31.2 Å².